The molecule has 0 bridgehead atoms. The molecule has 0 saturated heterocycles. The molecule has 4 N–H and O–H groups in total. The van der Waals surface area contributed by atoms with Crippen molar-refractivity contribution in [3.8, 4) is 0 Å². The number of aliphatic carboxylic acids is 2. The highest BCUT2D eigenvalue weighted by molar-refractivity contribution is 5.93. The van der Waals surface area contributed by atoms with Crippen molar-refractivity contribution in [1.82, 2.24) is 0 Å². The van der Waals surface area contributed by atoms with E-state index in [1.165, 1.54) is 13.8 Å². The third-order valence-corrected chi connectivity index (χ3v) is 3.28. The van der Waals surface area contributed by atoms with Crippen LogP contribution in [0.5, 0.6) is 0 Å². The van der Waals surface area contributed by atoms with Crippen LogP contribution in [0.4, 0.5) is 0 Å². The maximum Gasteiger partial charge on any atom is 0.310 e. The van der Waals surface area contributed by atoms with E-state index < -0.39 is 11.9 Å². The summed E-state index contributed by atoms with van der Waals surface area (Å²) in [5.74, 6) is -1.72. The van der Waals surface area contributed by atoms with Crippen LogP contribution in [-0.2, 0) is 19.2 Å². The number of carboxylic acids is 2. The van der Waals surface area contributed by atoms with Gasteiger partial charge in [0.15, 0.2) is 0 Å². The normalized spacial score (nSPS) is 19.0. The maximum absolute atomic E-state index is 9.87. The van der Waals surface area contributed by atoms with Gasteiger partial charge in [-0.3, -0.25) is 19.2 Å². The van der Waals surface area contributed by atoms with Crippen LogP contribution in [0.2, 0.25) is 0 Å². The molecule has 140 valence electrons. The minimum Gasteiger partial charge on any atom is -0.481 e. The Morgan fingerprint density at radius 2 is 0.958 bits per heavy atom. The predicted octanol–water partition coefficient (Wildman–Crippen LogP) is 0.878. The summed E-state index contributed by atoms with van der Waals surface area (Å²) >= 11 is 0. The van der Waals surface area contributed by atoms with Gasteiger partial charge in [-0.2, -0.15) is 0 Å². The summed E-state index contributed by atoms with van der Waals surface area (Å²) in [6.45, 7) is 3.15. The number of aliphatic hydroxyl groups excluding tert-OH is 2. The van der Waals surface area contributed by atoms with Crippen LogP contribution in [0.1, 0.15) is 52.4 Å². The standard InChI is InChI=1S/C8H16O2.2C4H6O3/c9-5-7-1-2-8(6-10)4-3-7;2*1-3(5)2-4(6)7/h7-10H,1-6H2;2*2H2,1H3,(H,6,7). The van der Waals surface area contributed by atoms with E-state index in [0.29, 0.717) is 25.0 Å². The molecule has 0 aromatic heterocycles. The van der Waals surface area contributed by atoms with E-state index >= 15 is 0 Å². The highest BCUT2D eigenvalue weighted by Crippen LogP contribution is 2.27. The summed E-state index contributed by atoms with van der Waals surface area (Å²) in [6, 6.07) is 0. The lowest BCUT2D eigenvalue weighted by Crippen LogP contribution is -2.19. The van der Waals surface area contributed by atoms with Gasteiger partial charge in [0.05, 0.1) is 0 Å². The fourth-order valence-electron chi connectivity index (χ4n) is 2.02. The SMILES string of the molecule is CC(=O)CC(=O)O.CC(=O)CC(=O)O.OCC1CCC(CO)CC1. The van der Waals surface area contributed by atoms with Crippen molar-refractivity contribution in [2.24, 2.45) is 11.8 Å². The Bertz CT molecular complexity index is 335. The van der Waals surface area contributed by atoms with E-state index in [4.69, 9.17) is 20.4 Å². The molecule has 0 aromatic rings. The lowest BCUT2D eigenvalue weighted by molar-refractivity contribution is -0.141. The van der Waals surface area contributed by atoms with Gasteiger partial charge in [-0.1, -0.05) is 0 Å². The van der Waals surface area contributed by atoms with E-state index in [-0.39, 0.29) is 24.4 Å². The zero-order valence-electron chi connectivity index (χ0n) is 14.2. The minimum atomic E-state index is -1.06. The quantitative estimate of drug-likeness (QED) is 0.517. The van der Waals surface area contributed by atoms with Crippen molar-refractivity contribution in [3.05, 3.63) is 0 Å². The summed E-state index contributed by atoms with van der Waals surface area (Å²) in [6.07, 6.45) is 3.67. The third kappa shape index (κ3) is 18.2. The first kappa shape index (κ1) is 24.5. The summed E-state index contributed by atoms with van der Waals surface area (Å²) < 4.78 is 0. The van der Waals surface area contributed by atoms with Crippen molar-refractivity contribution in [2.45, 2.75) is 52.4 Å². The first-order chi connectivity index (χ1) is 11.1. The number of carbonyl (C=O) groups is 4. The van der Waals surface area contributed by atoms with Gasteiger partial charge in [-0.25, -0.2) is 0 Å². The van der Waals surface area contributed by atoms with E-state index in [1.807, 2.05) is 0 Å². The second-order valence-electron chi connectivity index (χ2n) is 5.80. The van der Waals surface area contributed by atoms with Crippen LogP contribution < -0.4 is 0 Å². The first-order valence-electron chi connectivity index (χ1n) is 7.76. The molecule has 1 aliphatic carbocycles. The highest BCUT2D eigenvalue weighted by atomic mass is 16.4. The van der Waals surface area contributed by atoms with Crippen molar-refractivity contribution >= 4 is 23.5 Å². The zero-order valence-corrected chi connectivity index (χ0v) is 14.2. The van der Waals surface area contributed by atoms with Crippen LogP contribution in [-0.4, -0.2) is 57.1 Å². The predicted molar refractivity (Wildman–Crippen MR) is 85.5 cm³/mol. The average Bonchev–Trinajstić information content (AvgIpc) is 2.45. The fraction of sp³-hybridized carbons (Fsp3) is 0.750. The number of rotatable bonds is 6. The first-order valence-corrected chi connectivity index (χ1v) is 7.76. The number of carboxylic acid groups (broad SMARTS) is 2. The molecule has 0 radical (unpaired) electrons. The molecule has 24 heavy (non-hydrogen) atoms. The molecule has 8 nitrogen and oxygen atoms in total. The van der Waals surface area contributed by atoms with Crippen molar-refractivity contribution in [2.75, 3.05) is 13.2 Å². The second-order valence-corrected chi connectivity index (χ2v) is 5.80. The van der Waals surface area contributed by atoms with Gasteiger partial charge < -0.3 is 20.4 Å². The Labute approximate surface area is 141 Å². The Hall–Kier alpha value is -1.80. The van der Waals surface area contributed by atoms with E-state index in [2.05, 4.69) is 0 Å². The monoisotopic (exact) mass is 348 g/mol. The number of hydrogen-bond donors (Lipinski definition) is 4. The third-order valence-electron chi connectivity index (χ3n) is 3.28. The molecule has 0 aromatic carbocycles. The molecule has 0 atom stereocenters. The largest absolute Gasteiger partial charge is 0.481 e. The summed E-state index contributed by atoms with van der Waals surface area (Å²) in [4.78, 5) is 38.9. The topological polar surface area (TPSA) is 149 Å². The Kier molecular flexibility index (Phi) is 15.0. The molecular formula is C16H28O8. The average molecular weight is 348 g/mol. The number of aliphatic hydroxyl groups is 2. The second kappa shape index (κ2) is 14.8. The van der Waals surface area contributed by atoms with E-state index in [9.17, 15) is 19.2 Å². The summed E-state index contributed by atoms with van der Waals surface area (Å²) in [7, 11) is 0. The molecule has 0 aliphatic heterocycles. The summed E-state index contributed by atoms with van der Waals surface area (Å²) in [5.41, 5.74) is 0. The van der Waals surface area contributed by atoms with E-state index in [0.717, 1.165) is 25.7 Å². The van der Waals surface area contributed by atoms with Gasteiger partial charge in [0, 0.05) is 13.2 Å². The van der Waals surface area contributed by atoms with Crippen LogP contribution >= 0.6 is 0 Å². The molecule has 0 unspecified atom stereocenters. The minimum absolute atomic E-state index is 0.312. The van der Waals surface area contributed by atoms with Crippen LogP contribution in [0, 0.1) is 11.8 Å². The number of carbonyl (C=O) groups excluding carboxylic acids is 2. The Balaban J connectivity index is 0. The maximum atomic E-state index is 9.87. The van der Waals surface area contributed by atoms with E-state index in [1.54, 1.807) is 0 Å². The lowest BCUT2D eigenvalue weighted by Gasteiger charge is -2.25. The molecule has 8 heteroatoms. The van der Waals surface area contributed by atoms with Crippen LogP contribution in [0.25, 0.3) is 0 Å². The molecule has 1 aliphatic rings. The number of Topliss-reactive ketones (excluding diaryl/α,β-unsaturated/α-hetero) is 2. The number of hydrogen-bond acceptors (Lipinski definition) is 6. The number of ketones is 2. The van der Waals surface area contributed by atoms with Gasteiger partial charge in [-0.05, 0) is 51.4 Å². The van der Waals surface area contributed by atoms with Crippen molar-refractivity contribution in [1.29, 1.82) is 0 Å². The lowest BCUT2D eigenvalue weighted by atomic mass is 9.83. The van der Waals surface area contributed by atoms with Crippen molar-refractivity contribution in [3.63, 3.8) is 0 Å². The van der Waals surface area contributed by atoms with Gasteiger partial charge >= 0.3 is 11.9 Å². The van der Waals surface area contributed by atoms with Crippen LogP contribution in [0.15, 0.2) is 0 Å². The molecule has 1 fully saturated rings. The molecule has 0 spiro atoms. The van der Waals surface area contributed by atoms with Gasteiger partial charge in [0.25, 0.3) is 0 Å². The Morgan fingerprint density at radius 1 is 0.708 bits per heavy atom. The van der Waals surface area contributed by atoms with Crippen molar-refractivity contribution < 1.29 is 39.6 Å². The zero-order chi connectivity index (χ0) is 19.1. The smallest absolute Gasteiger partial charge is 0.310 e. The van der Waals surface area contributed by atoms with Crippen LogP contribution in [0.3, 0.4) is 0 Å². The molecular weight excluding hydrogens is 320 g/mol. The highest BCUT2D eigenvalue weighted by Gasteiger charge is 2.19. The Morgan fingerprint density at radius 3 is 1.04 bits per heavy atom. The van der Waals surface area contributed by atoms with Gasteiger partial charge in [-0.15, -0.1) is 0 Å². The molecule has 1 rings (SSSR count). The summed E-state index contributed by atoms with van der Waals surface area (Å²) in [5, 5.41) is 33.3. The fourth-order valence-corrected chi connectivity index (χ4v) is 2.02. The molecule has 0 heterocycles. The molecule has 1 saturated carbocycles. The molecule has 0 amide bonds. The van der Waals surface area contributed by atoms with Gasteiger partial charge in [0.1, 0.15) is 24.4 Å². The van der Waals surface area contributed by atoms with Gasteiger partial charge in [0.2, 0.25) is 0 Å².